The number of hydrogen-bond acceptors (Lipinski definition) is 5. The molecule has 2 rings (SSSR count). The minimum Gasteiger partial charge on any atom is -0.493 e. The zero-order chi connectivity index (χ0) is 20.7. The number of sulfonamides is 1. The van der Waals surface area contributed by atoms with Crippen LogP contribution in [-0.2, 0) is 10.0 Å². The zero-order valence-corrected chi connectivity index (χ0v) is 17.2. The van der Waals surface area contributed by atoms with E-state index >= 15 is 0 Å². The van der Waals surface area contributed by atoms with Crippen LogP contribution in [0.3, 0.4) is 0 Å². The standard InChI is InChI=1S/C19H25N3O5S/c1-5-22(6-2)19(23)20-14-7-10-16(11-8-14)28(24,25)21-15-9-12-17(26-3)18(13-15)27-4/h7-13,21H,5-6H2,1-4H3,(H,20,23). The Morgan fingerprint density at radius 3 is 2.04 bits per heavy atom. The molecule has 2 aromatic carbocycles. The van der Waals surface area contributed by atoms with Crippen LogP contribution < -0.4 is 19.5 Å². The first kappa shape index (κ1) is 21.4. The Hall–Kier alpha value is -2.94. The summed E-state index contributed by atoms with van der Waals surface area (Å²) in [5, 5.41) is 2.74. The van der Waals surface area contributed by atoms with Gasteiger partial charge < -0.3 is 19.7 Å². The summed E-state index contributed by atoms with van der Waals surface area (Å²) in [6.45, 7) is 4.95. The van der Waals surface area contributed by atoms with Crippen LogP contribution in [0.25, 0.3) is 0 Å². The number of urea groups is 1. The number of methoxy groups -OCH3 is 2. The number of nitrogens with one attached hydrogen (secondary N) is 2. The maximum atomic E-state index is 12.6. The van der Waals surface area contributed by atoms with Crippen LogP contribution in [-0.4, -0.2) is 46.7 Å². The highest BCUT2D eigenvalue weighted by Crippen LogP contribution is 2.30. The number of amides is 2. The Bertz CT molecular complexity index is 910. The molecule has 152 valence electrons. The second-order valence-electron chi connectivity index (χ2n) is 5.80. The van der Waals surface area contributed by atoms with Gasteiger partial charge >= 0.3 is 6.03 Å². The molecule has 9 heteroatoms. The summed E-state index contributed by atoms with van der Waals surface area (Å²) >= 11 is 0. The van der Waals surface area contributed by atoms with Crippen LogP contribution in [0, 0.1) is 0 Å². The molecule has 0 bridgehead atoms. The molecule has 0 heterocycles. The predicted octanol–water partition coefficient (Wildman–Crippen LogP) is 3.38. The van der Waals surface area contributed by atoms with Gasteiger partial charge in [0.25, 0.3) is 10.0 Å². The minimum absolute atomic E-state index is 0.0723. The second-order valence-corrected chi connectivity index (χ2v) is 7.48. The normalized spacial score (nSPS) is 10.9. The number of carbonyl (C=O) groups is 1. The lowest BCUT2D eigenvalue weighted by Crippen LogP contribution is -2.34. The fourth-order valence-corrected chi connectivity index (χ4v) is 3.59. The number of hydrogen-bond donors (Lipinski definition) is 2. The summed E-state index contributed by atoms with van der Waals surface area (Å²) in [5.74, 6) is 0.913. The van der Waals surface area contributed by atoms with E-state index in [9.17, 15) is 13.2 Å². The summed E-state index contributed by atoms with van der Waals surface area (Å²) < 4.78 is 38.0. The zero-order valence-electron chi connectivity index (χ0n) is 16.4. The predicted molar refractivity (Wildman–Crippen MR) is 109 cm³/mol. The van der Waals surface area contributed by atoms with E-state index in [0.717, 1.165) is 0 Å². The van der Waals surface area contributed by atoms with Gasteiger partial charge in [0.05, 0.1) is 24.8 Å². The van der Waals surface area contributed by atoms with Gasteiger partial charge in [0.15, 0.2) is 11.5 Å². The fourth-order valence-electron chi connectivity index (χ4n) is 2.54. The SMILES string of the molecule is CCN(CC)C(=O)Nc1ccc(S(=O)(=O)Nc2ccc(OC)c(OC)c2)cc1. The van der Waals surface area contributed by atoms with Crippen molar-refractivity contribution in [1.29, 1.82) is 0 Å². The van der Waals surface area contributed by atoms with Crippen LogP contribution in [0.1, 0.15) is 13.8 Å². The highest BCUT2D eigenvalue weighted by molar-refractivity contribution is 7.92. The van der Waals surface area contributed by atoms with Gasteiger partial charge in [-0.1, -0.05) is 0 Å². The number of ether oxygens (including phenoxy) is 2. The lowest BCUT2D eigenvalue weighted by Gasteiger charge is -2.19. The van der Waals surface area contributed by atoms with Crippen LogP contribution in [0.2, 0.25) is 0 Å². The summed E-state index contributed by atoms with van der Waals surface area (Å²) in [6.07, 6.45) is 0. The molecule has 0 fully saturated rings. The van der Waals surface area contributed by atoms with Crippen molar-refractivity contribution in [1.82, 2.24) is 4.90 Å². The largest absolute Gasteiger partial charge is 0.493 e. The Morgan fingerprint density at radius 1 is 0.929 bits per heavy atom. The highest BCUT2D eigenvalue weighted by atomic mass is 32.2. The number of benzene rings is 2. The van der Waals surface area contributed by atoms with Gasteiger partial charge in [0.1, 0.15) is 0 Å². The van der Waals surface area contributed by atoms with Crippen molar-refractivity contribution in [3.63, 3.8) is 0 Å². The van der Waals surface area contributed by atoms with E-state index in [1.54, 1.807) is 29.2 Å². The summed E-state index contributed by atoms with van der Waals surface area (Å²) in [5.41, 5.74) is 0.860. The summed E-state index contributed by atoms with van der Waals surface area (Å²) in [6, 6.07) is 10.5. The smallest absolute Gasteiger partial charge is 0.321 e. The molecule has 0 unspecified atom stereocenters. The topological polar surface area (TPSA) is 97.0 Å². The first-order valence-corrected chi connectivity index (χ1v) is 10.2. The molecule has 0 aliphatic heterocycles. The molecule has 0 aromatic heterocycles. The maximum Gasteiger partial charge on any atom is 0.321 e. The summed E-state index contributed by atoms with van der Waals surface area (Å²) in [4.78, 5) is 13.8. The molecule has 28 heavy (non-hydrogen) atoms. The lowest BCUT2D eigenvalue weighted by molar-refractivity contribution is 0.217. The molecule has 2 N–H and O–H groups in total. The van der Waals surface area contributed by atoms with E-state index in [4.69, 9.17) is 9.47 Å². The Morgan fingerprint density at radius 2 is 1.50 bits per heavy atom. The van der Waals surface area contributed by atoms with Crippen molar-refractivity contribution in [3.05, 3.63) is 42.5 Å². The molecule has 0 atom stereocenters. The molecular weight excluding hydrogens is 382 g/mol. The van der Waals surface area contributed by atoms with Crippen molar-refractivity contribution in [3.8, 4) is 11.5 Å². The van der Waals surface area contributed by atoms with Crippen LogP contribution >= 0.6 is 0 Å². The van der Waals surface area contributed by atoms with Gasteiger partial charge in [-0.15, -0.1) is 0 Å². The number of rotatable bonds is 8. The van der Waals surface area contributed by atoms with Crippen molar-refractivity contribution in [2.45, 2.75) is 18.7 Å². The van der Waals surface area contributed by atoms with E-state index in [2.05, 4.69) is 10.0 Å². The molecule has 0 aliphatic rings. The van der Waals surface area contributed by atoms with E-state index < -0.39 is 10.0 Å². The minimum atomic E-state index is -3.80. The Kier molecular flexibility index (Phi) is 7.11. The fraction of sp³-hybridized carbons (Fsp3) is 0.316. The van der Waals surface area contributed by atoms with Crippen LogP contribution in [0.15, 0.2) is 47.4 Å². The third-order valence-corrected chi connectivity index (χ3v) is 5.50. The van der Waals surface area contributed by atoms with E-state index in [1.165, 1.54) is 32.4 Å². The first-order chi connectivity index (χ1) is 13.3. The number of carbonyl (C=O) groups excluding carboxylic acids is 1. The molecule has 0 aliphatic carbocycles. The average molecular weight is 407 g/mol. The third-order valence-electron chi connectivity index (χ3n) is 4.10. The Labute approximate surface area is 165 Å². The van der Waals surface area contributed by atoms with Gasteiger partial charge in [-0.3, -0.25) is 4.72 Å². The number of nitrogens with zero attached hydrogens (tertiary/aromatic N) is 1. The van der Waals surface area contributed by atoms with E-state index in [1.807, 2.05) is 13.8 Å². The molecule has 0 saturated carbocycles. The molecule has 0 spiro atoms. The van der Waals surface area contributed by atoms with Gasteiger partial charge in [0.2, 0.25) is 0 Å². The van der Waals surface area contributed by atoms with Gasteiger partial charge in [0, 0.05) is 24.8 Å². The van der Waals surface area contributed by atoms with Gasteiger partial charge in [-0.25, -0.2) is 13.2 Å². The van der Waals surface area contributed by atoms with Gasteiger partial charge in [-0.05, 0) is 50.2 Å². The van der Waals surface area contributed by atoms with Crippen molar-refractivity contribution >= 4 is 27.4 Å². The quantitative estimate of drug-likeness (QED) is 0.699. The Balaban J connectivity index is 2.15. The van der Waals surface area contributed by atoms with Crippen LogP contribution in [0.5, 0.6) is 11.5 Å². The van der Waals surface area contributed by atoms with Crippen molar-refractivity contribution < 1.29 is 22.7 Å². The molecule has 0 saturated heterocycles. The monoisotopic (exact) mass is 407 g/mol. The second kappa shape index (κ2) is 9.32. The van der Waals surface area contributed by atoms with E-state index in [0.29, 0.717) is 36.0 Å². The molecular formula is C19H25N3O5S. The van der Waals surface area contributed by atoms with Gasteiger partial charge in [-0.2, -0.15) is 0 Å². The average Bonchev–Trinajstić information content (AvgIpc) is 2.69. The lowest BCUT2D eigenvalue weighted by atomic mass is 10.3. The number of anilines is 2. The summed E-state index contributed by atoms with van der Waals surface area (Å²) in [7, 11) is -0.822. The highest BCUT2D eigenvalue weighted by Gasteiger charge is 2.16. The van der Waals surface area contributed by atoms with Crippen molar-refractivity contribution in [2.75, 3.05) is 37.3 Å². The van der Waals surface area contributed by atoms with Crippen molar-refractivity contribution in [2.24, 2.45) is 0 Å². The molecule has 2 amide bonds. The van der Waals surface area contributed by atoms with E-state index in [-0.39, 0.29) is 10.9 Å². The molecule has 0 radical (unpaired) electrons. The first-order valence-electron chi connectivity index (χ1n) is 8.75. The molecule has 8 nitrogen and oxygen atoms in total. The maximum absolute atomic E-state index is 12.6. The van der Waals surface area contributed by atoms with Crippen LogP contribution in [0.4, 0.5) is 16.2 Å². The molecule has 2 aromatic rings. The third kappa shape index (κ3) is 5.07.